The molecule has 1 aromatic rings. The Morgan fingerprint density at radius 3 is 2.14 bits per heavy atom. The van der Waals surface area contributed by atoms with E-state index in [2.05, 4.69) is 33.6 Å². The summed E-state index contributed by atoms with van der Waals surface area (Å²) in [5.41, 5.74) is 17.0. The Labute approximate surface area is 214 Å². The molecular formula is C22H35N7O6S. The molecule has 1 aromatic carbocycles. The number of carboxylic acids is 1. The minimum absolute atomic E-state index is 0.0303. The Balaban J connectivity index is 2.76. The van der Waals surface area contributed by atoms with Gasteiger partial charge in [0.05, 0.1) is 12.1 Å². The van der Waals surface area contributed by atoms with Gasteiger partial charge in [0.15, 0.2) is 5.96 Å². The van der Waals surface area contributed by atoms with Crippen molar-refractivity contribution >= 4 is 42.3 Å². The maximum absolute atomic E-state index is 12.8. The van der Waals surface area contributed by atoms with Crippen LogP contribution in [-0.2, 0) is 25.6 Å². The van der Waals surface area contributed by atoms with Gasteiger partial charge in [-0.1, -0.05) is 30.3 Å². The Morgan fingerprint density at radius 1 is 1.00 bits per heavy atom. The molecule has 0 aromatic heterocycles. The average Bonchev–Trinajstić information content (AvgIpc) is 2.82. The van der Waals surface area contributed by atoms with Gasteiger partial charge in [-0.2, -0.15) is 12.6 Å². The molecule has 1 rings (SSSR count). The van der Waals surface area contributed by atoms with Crippen LogP contribution < -0.4 is 33.2 Å². The van der Waals surface area contributed by atoms with E-state index in [1.807, 2.05) is 0 Å². The largest absolute Gasteiger partial charge is 0.480 e. The molecule has 0 aliphatic carbocycles. The standard InChI is InChI=1S/C22H35N7O6S/c1-12(30)17(29-18(31)14(23)8-5-9-26-22(24)25)20(33)28-16(11-36)19(32)27-15(21(34)35)10-13-6-3-2-4-7-13/h2-4,6-7,12,14-17,30,36H,5,8-11,23H2,1H3,(H,27,32)(H,28,33)(H,29,31)(H,34,35)(H4,24,25,26). The third-order valence-electron chi connectivity index (χ3n) is 5.08. The third kappa shape index (κ3) is 10.9. The molecule has 0 heterocycles. The van der Waals surface area contributed by atoms with E-state index in [0.29, 0.717) is 12.0 Å². The number of rotatable bonds is 15. The number of hydrogen-bond donors (Lipinski definition) is 9. The lowest BCUT2D eigenvalue weighted by atomic mass is 10.1. The van der Waals surface area contributed by atoms with Gasteiger partial charge in [-0.25, -0.2) is 4.79 Å². The van der Waals surface area contributed by atoms with Crippen molar-refractivity contribution in [2.45, 2.75) is 56.5 Å². The molecule has 0 aliphatic rings. The summed E-state index contributed by atoms with van der Waals surface area (Å²) in [5, 5.41) is 26.7. The highest BCUT2D eigenvalue weighted by Gasteiger charge is 2.32. The van der Waals surface area contributed by atoms with Crippen LogP contribution in [0.15, 0.2) is 35.3 Å². The highest BCUT2D eigenvalue weighted by atomic mass is 32.1. The minimum atomic E-state index is -1.42. The maximum Gasteiger partial charge on any atom is 0.326 e. The third-order valence-corrected chi connectivity index (χ3v) is 5.44. The fraction of sp³-hybridized carbons (Fsp3) is 0.500. The summed E-state index contributed by atoms with van der Waals surface area (Å²) in [6.07, 6.45) is -0.664. The van der Waals surface area contributed by atoms with Crippen molar-refractivity contribution in [2.75, 3.05) is 12.3 Å². The Bertz CT molecular complexity index is 911. The van der Waals surface area contributed by atoms with Crippen LogP contribution in [-0.4, -0.2) is 82.4 Å². The Morgan fingerprint density at radius 2 is 1.61 bits per heavy atom. The van der Waals surface area contributed by atoms with Crippen molar-refractivity contribution < 1.29 is 29.4 Å². The van der Waals surface area contributed by atoms with Crippen LogP contribution in [0.4, 0.5) is 0 Å². The van der Waals surface area contributed by atoms with Crippen molar-refractivity contribution in [1.29, 1.82) is 0 Å². The SMILES string of the molecule is CC(O)C(NC(=O)C(N)CCCN=C(N)N)C(=O)NC(CS)C(=O)NC(Cc1ccccc1)C(=O)O. The second-order valence-corrected chi connectivity index (χ2v) is 8.48. The van der Waals surface area contributed by atoms with E-state index in [1.54, 1.807) is 30.3 Å². The second kappa shape index (κ2) is 15.6. The van der Waals surface area contributed by atoms with Gasteiger partial charge in [0.25, 0.3) is 0 Å². The summed E-state index contributed by atoms with van der Waals surface area (Å²) in [4.78, 5) is 53.3. The molecule has 0 saturated heterocycles. The highest BCUT2D eigenvalue weighted by molar-refractivity contribution is 7.80. The van der Waals surface area contributed by atoms with E-state index < -0.39 is 54.0 Å². The zero-order valence-electron chi connectivity index (χ0n) is 20.0. The van der Waals surface area contributed by atoms with E-state index in [0.717, 1.165) is 0 Å². The van der Waals surface area contributed by atoms with Crippen LogP contribution in [0, 0.1) is 0 Å². The topological polar surface area (TPSA) is 235 Å². The van der Waals surface area contributed by atoms with Gasteiger partial charge in [-0.3, -0.25) is 19.4 Å². The molecule has 0 fully saturated rings. The number of aliphatic hydroxyl groups is 1. The molecule has 5 atom stereocenters. The van der Waals surface area contributed by atoms with Gasteiger partial charge < -0.3 is 43.4 Å². The van der Waals surface area contributed by atoms with Crippen LogP contribution in [0.3, 0.4) is 0 Å². The molecule has 3 amide bonds. The molecule has 5 unspecified atom stereocenters. The van der Waals surface area contributed by atoms with Crippen molar-refractivity contribution in [2.24, 2.45) is 22.2 Å². The van der Waals surface area contributed by atoms with Crippen molar-refractivity contribution in [3.8, 4) is 0 Å². The molecule has 0 aliphatic heterocycles. The number of amides is 3. The lowest BCUT2D eigenvalue weighted by Gasteiger charge is -2.26. The number of hydrogen-bond acceptors (Lipinski definition) is 8. The molecule has 0 radical (unpaired) electrons. The molecular weight excluding hydrogens is 490 g/mol. The first kappa shape index (κ1) is 30.7. The first-order chi connectivity index (χ1) is 17.0. The number of carbonyl (C=O) groups excluding carboxylic acids is 3. The van der Waals surface area contributed by atoms with Gasteiger partial charge in [0.1, 0.15) is 18.1 Å². The number of nitrogens with zero attached hydrogens (tertiary/aromatic N) is 1. The highest BCUT2D eigenvalue weighted by Crippen LogP contribution is 2.05. The van der Waals surface area contributed by atoms with E-state index in [-0.39, 0.29) is 31.1 Å². The lowest BCUT2D eigenvalue weighted by molar-refractivity contribution is -0.142. The van der Waals surface area contributed by atoms with Gasteiger partial charge >= 0.3 is 5.97 Å². The molecule has 13 nitrogen and oxygen atoms in total. The smallest absolute Gasteiger partial charge is 0.326 e. The van der Waals surface area contributed by atoms with E-state index >= 15 is 0 Å². The van der Waals surface area contributed by atoms with Crippen LogP contribution in [0.5, 0.6) is 0 Å². The van der Waals surface area contributed by atoms with Gasteiger partial charge in [0.2, 0.25) is 17.7 Å². The number of benzene rings is 1. The predicted molar refractivity (Wildman–Crippen MR) is 137 cm³/mol. The number of nitrogens with two attached hydrogens (primary N) is 3. The summed E-state index contributed by atoms with van der Waals surface area (Å²) in [6, 6.07) is 3.82. The number of aliphatic carboxylic acids is 1. The predicted octanol–water partition coefficient (Wildman–Crippen LogP) is -2.54. The van der Waals surface area contributed by atoms with Crippen molar-refractivity contribution in [3.63, 3.8) is 0 Å². The van der Waals surface area contributed by atoms with E-state index in [1.165, 1.54) is 6.92 Å². The fourth-order valence-corrected chi connectivity index (χ4v) is 3.35. The molecule has 14 heteroatoms. The number of aliphatic hydroxyl groups excluding tert-OH is 1. The first-order valence-electron chi connectivity index (χ1n) is 11.2. The Kier molecular flexibility index (Phi) is 13.3. The molecule has 0 spiro atoms. The zero-order chi connectivity index (χ0) is 27.3. The van der Waals surface area contributed by atoms with E-state index in [9.17, 15) is 29.4 Å². The summed E-state index contributed by atoms with van der Waals surface area (Å²) in [6.45, 7) is 1.55. The van der Waals surface area contributed by atoms with Gasteiger partial charge in [-0.05, 0) is 25.3 Å². The molecule has 200 valence electrons. The summed E-state index contributed by atoms with van der Waals surface area (Å²) >= 11 is 4.07. The molecule has 11 N–H and O–H groups in total. The molecule has 0 saturated carbocycles. The quantitative estimate of drug-likeness (QED) is 0.0507. The lowest BCUT2D eigenvalue weighted by Crippen LogP contribution is -2.60. The van der Waals surface area contributed by atoms with E-state index in [4.69, 9.17) is 17.2 Å². The normalized spacial score (nSPS) is 14.9. The molecule has 0 bridgehead atoms. The maximum atomic E-state index is 12.8. The van der Waals surface area contributed by atoms with Crippen LogP contribution >= 0.6 is 12.6 Å². The minimum Gasteiger partial charge on any atom is -0.480 e. The fourth-order valence-electron chi connectivity index (χ4n) is 3.09. The number of carboxylic acid groups (broad SMARTS) is 1. The summed E-state index contributed by atoms with van der Waals surface area (Å²) in [5.74, 6) is -3.85. The monoisotopic (exact) mass is 525 g/mol. The number of aliphatic imine (C=N–C) groups is 1. The number of guanidine groups is 1. The van der Waals surface area contributed by atoms with Crippen molar-refractivity contribution in [1.82, 2.24) is 16.0 Å². The van der Waals surface area contributed by atoms with Gasteiger partial charge in [-0.15, -0.1) is 0 Å². The summed E-state index contributed by atoms with van der Waals surface area (Å²) in [7, 11) is 0. The second-order valence-electron chi connectivity index (χ2n) is 8.12. The molecule has 36 heavy (non-hydrogen) atoms. The Hall–Kier alpha value is -3.36. The number of nitrogens with one attached hydrogen (secondary N) is 3. The number of thiol groups is 1. The van der Waals surface area contributed by atoms with Crippen LogP contribution in [0.1, 0.15) is 25.3 Å². The average molecular weight is 526 g/mol. The van der Waals surface area contributed by atoms with Crippen LogP contribution in [0.25, 0.3) is 0 Å². The zero-order valence-corrected chi connectivity index (χ0v) is 20.9. The summed E-state index contributed by atoms with van der Waals surface area (Å²) < 4.78 is 0. The van der Waals surface area contributed by atoms with Gasteiger partial charge in [0, 0.05) is 18.7 Å². The first-order valence-corrected chi connectivity index (χ1v) is 11.9. The number of carbonyl (C=O) groups is 4. The van der Waals surface area contributed by atoms with Crippen molar-refractivity contribution in [3.05, 3.63) is 35.9 Å². The van der Waals surface area contributed by atoms with Crippen LogP contribution in [0.2, 0.25) is 0 Å².